The highest BCUT2D eigenvalue weighted by Gasteiger charge is 2.23. The molecule has 0 bridgehead atoms. The molecule has 6 nitrogen and oxygen atoms in total. The molecule has 8 heteroatoms. The van der Waals surface area contributed by atoms with Gasteiger partial charge in [-0.05, 0) is 53.7 Å². The predicted octanol–water partition coefficient (Wildman–Crippen LogP) is 4.06. The van der Waals surface area contributed by atoms with Crippen LogP contribution in [-0.4, -0.2) is 20.2 Å². The summed E-state index contributed by atoms with van der Waals surface area (Å²) in [5, 5.41) is 3.15. The summed E-state index contributed by atoms with van der Waals surface area (Å²) in [6.07, 6.45) is 1.88. The van der Waals surface area contributed by atoms with Crippen molar-refractivity contribution in [1.29, 1.82) is 0 Å². The number of thioether (sulfide) groups is 1. The van der Waals surface area contributed by atoms with Gasteiger partial charge in [0, 0.05) is 19.1 Å². The lowest BCUT2D eigenvalue weighted by molar-refractivity contribution is 0.265. The van der Waals surface area contributed by atoms with Gasteiger partial charge in [0.1, 0.15) is 5.84 Å². The van der Waals surface area contributed by atoms with Crippen LogP contribution in [0.5, 0.6) is 0 Å². The van der Waals surface area contributed by atoms with E-state index in [9.17, 15) is 9.59 Å². The molecular weight excluding hydrogens is 384 g/mol. The number of amidine groups is 1. The van der Waals surface area contributed by atoms with Crippen molar-refractivity contribution in [2.45, 2.75) is 0 Å². The van der Waals surface area contributed by atoms with Gasteiger partial charge in [0.15, 0.2) is 0 Å². The second kappa shape index (κ2) is 6.75. The summed E-state index contributed by atoms with van der Waals surface area (Å²) in [6, 6.07) is 12.8. The van der Waals surface area contributed by atoms with Crippen molar-refractivity contribution in [2.75, 3.05) is 0 Å². The number of aromatic nitrogens is 2. The third kappa shape index (κ3) is 3.31. The number of rotatable bonds is 2. The largest absolute Gasteiger partial charge is 0.328 e. The van der Waals surface area contributed by atoms with E-state index in [-0.39, 0.29) is 10.9 Å². The van der Waals surface area contributed by atoms with Gasteiger partial charge in [0.05, 0.1) is 21.6 Å². The van der Waals surface area contributed by atoms with Gasteiger partial charge in [-0.15, -0.1) is 0 Å². The molecule has 0 spiro atoms. The minimum absolute atomic E-state index is 0.0786. The maximum absolute atomic E-state index is 12.1. The number of benzene rings is 2. The molecule has 2 aromatic carbocycles. The fourth-order valence-corrected chi connectivity index (χ4v) is 3.87. The number of carbonyl (C=O) groups excluding carboxylic acids is 1. The summed E-state index contributed by atoms with van der Waals surface area (Å²) in [6.45, 7) is 0. The van der Waals surface area contributed by atoms with Gasteiger partial charge in [0.2, 0.25) is 0 Å². The third-order valence-corrected chi connectivity index (χ3v) is 5.35. The highest BCUT2D eigenvalue weighted by atomic mass is 35.5. The van der Waals surface area contributed by atoms with Crippen LogP contribution in [0.15, 0.2) is 57.2 Å². The van der Waals surface area contributed by atoms with E-state index >= 15 is 0 Å². The van der Waals surface area contributed by atoms with E-state index in [4.69, 9.17) is 11.6 Å². The average molecular weight is 399 g/mol. The Bertz CT molecular complexity index is 1210. The van der Waals surface area contributed by atoms with Crippen molar-refractivity contribution in [1.82, 2.24) is 14.5 Å². The Morgan fingerprint density at radius 2 is 1.85 bits per heavy atom. The molecule has 1 fully saturated rings. The lowest BCUT2D eigenvalue weighted by Crippen LogP contribution is -2.19. The normalized spacial score (nSPS) is 17.2. The van der Waals surface area contributed by atoms with Gasteiger partial charge in [-0.1, -0.05) is 23.7 Å². The fraction of sp³-hybridized carbons (Fsp3) is 0.105. The van der Waals surface area contributed by atoms with Crippen LogP contribution in [-0.2, 0) is 14.1 Å². The molecule has 27 heavy (non-hydrogen) atoms. The molecule has 1 aromatic heterocycles. The quantitative estimate of drug-likeness (QED) is 0.707. The minimum atomic E-state index is -0.185. The number of halogens is 1. The number of nitrogens with one attached hydrogen (secondary N) is 1. The summed E-state index contributed by atoms with van der Waals surface area (Å²) in [5.41, 5.74) is 3.14. The number of hydrogen-bond donors (Lipinski definition) is 1. The molecule has 1 aliphatic rings. The van der Waals surface area contributed by atoms with Gasteiger partial charge in [-0.3, -0.25) is 13.9 Å². The zero-order chi connectivity index (χ0) is 19.1. The van der Waals surface area contributed by atoms with E-state index in [2.05, 4.69) is 10.3 Å². The van der Waals surface area contributed by atoms with Crippen molar-refractivity contribution in [2.24, 2.45) is 19.1 Å². The Kier molecular flexibility index (Phi) is 4.41. The molecule has 2 heterocycles. The third-order valence-electron chi connectivity index (χ3n) is 4.30. The van der Waals surface area contributed by atoms with E-state index in [0.717, 1.165) is 28.4 Å². The number of carbonyl (C=O) groups is 1. The smallest absolute Gasteiger partial charge is 0.300 e. The van der Waals surface area contributed by atoms with Crippen LogP contribution in [0.4, 0.5) is 10.5 Å². The van der Waals surface area contributed by atoms with Gasteiger partial charge in [-0.2, -0.15) is 0 Å². The highest BCUT2D eigenvalue weighted by Crippen LogP contribution is 2.29. The Balaban J connectivity index is 1.77. The van der Waals surface area contributed by atoms with Crippen LogP contribution >= 0.6 is 23.4 Å². The van der Waals surface area contributed by atoms with Gasteiger partial charge in [0.25, 0.3) is 5.24 Å². The zero-order valence-electron chi connectivity index (χ0n) is 14.6. The van der Waals surface area contributed by atoms with Crippen LogP contribution in [0, 0.1) is 0 Å². The molecule has 0 unspecified atom stereocenters. The molecule has 1 amide bonds. The molecule has 0 radical (unpaired) electrons. The van der Waals surface area contributed by atoms with Crippen LogP contribution in [0.3, 0.4) is 0 Å². The molecule has 0 atom stereocenters. The Hall–Kier alpha value is -2.77. The van der Waals surface area contributed by atoms with Crippen molar-refractivity contribution in [3.8, 4) is 0 Å². The molecule has 4 rings (SSSR count). The second-order valence-electron chi connectivity index (χ2n) is 6.11. The average Bonchev–Trinajstić information content (AvgIpc) is 3.07. The van der Waals surface area contributed by atoms with Crippen molar-refractivity contribution >= 4 is 57.2 Å². The highest BCUT2D eigenvalue weighted by molar-refractivity contribution is 8.18. The number of aliphatic imine (C=N–C) groups is 1. The lowest BCUT2D eigenvalue weighted by Gasteiger charge is -2.02. The first-order chi connectivity index (χ1) is 12.9. The van der Waals surface area contributed by atoms with E-state index < -0.39 is 0 Å². The summed E-state index contributed by atoms with van der Waals surface area (Å²) in [4.78, 5) is 29.2. The Morgan fingerprint density at radius 1 is 1.07 bits per heavy atom. The van der Waals surface area contributed by atoms with E-state index in [1.54, 1.807) is 41.4 Å². The molecular formula is C19H15ClN4O2S. The molecule has 136 valence electrons. The first-order valence-electron chi connectivity index (χ1n) is 8.13. The van der Waals surface area contributed by atoms with Crippen molar-refractivity contribution in [3.05, 3.63) is 68.4 Å². The van der Waals surface area contributed by atoms with Crippen LogP contribution in [0.25, 0.3) is 17.1 Å². The molecule has 0 saturated carbocycles. The number of aryl methyl sites for hydroxylation is 2. The first-order valence-corrected chi connectivity index (χ1v) is 9.32. The first kappa shape index (κ1) is 17.6. The fourth-order valence-electron chi connectivity index (χ4n) is 2.95. The van der Waals surface area contributed by atoms with Crippen LogP contribution in [0.2, 0.25) is 5.02 Å². The monoisotopic (exact) mass is 398 g/mol. The Morgan fingerprint density at radius 3 is 2.63 bits per heavy atom. The van der Waals surface area contributed by atoms with Crippen LogP contribution < -0.4 is 11.0 Å². The molecule has 1 aliphatic heterocycles. The number of nitrogens with zero attached hydrogens (tertiary/aromatic N) is 3. The van der Waals surface area contributed by atoms with E-state index in [1.807, 2.05) is 30.3 Å². The standard InChI is InChI=1S/C19H15ClN4O2S/c1-23-14-7-6-11(8-15(14)24(2)19(23)26)9-16-17(22-18(25)27-16)21-13-5-3-4-12(20)10-13/h3-10H,1-2H3,(H,21,22,25)/b16-9-. The summed E-state index contributed by atoms with van der Waals surface area (Å²) < 4.78 is 3.21. The van der Waals surface area contributed by atoms with E-state index in [1.165, 1.54) is 0 Å². The lowest BCUT2D eigenvalue weighted by atomic mass is 10.2. The topological polar surface area (TPSA) is 68.4 Å². The van der Waals surface area contributed by atoms with Gasteiger partial charge < -0.3 is 5.32 Å². The summed E-state index contributed by atoms with van der Waals surface area (Å²) in [5.74, 6) is 0.481. The summed E-state index contributed by atoms with van der Waals surface area (Å²) in [7, 11) is 3.48. The molecule has 1 N–H and O–H groups in total. The number of imidazole rings is 1. The zero-order valence-corrected chi connectivity index (χ0v) is 16.1. The predicted molar refractivity (Wildman–Crippen MR) is 111 cm³/mol. The maximum Gasteiger partial charge on any atom is 0.328 e. The SMILES string of the molecule is Cn1c(=O)n(C)c2cc(/C=C3\SC(=O)NC3=Nc3cccc(Cl)c3)ccc21. The maximum atomic E-state index is 12.1. The van der Waals surface area contributed by atoms with Gasteiger partial charge in [-0.25, -0.2) is 9.79 Å². The van der Waals surface area contributed by atoms with Gasteiger partial charge >= 0.3 is 5.69 Å². The minimum Gasteiger partial charge on any atom is -0.300 e. The van der Waals surface area contributed by atoms with Crippen molar-refractivity contribution in [3.63, 3.8) is 0 Å². The molecule has 1 saturated heterocycles. The number of hydrogen-bond acceptors (Lipinski definition) is 4. The molecule has 3 aromatic rings. The van der Waals surface area contributed by atoms with E-state index in [0.29, 0.717) is 21.5 Å². The Labute approximate surface area is 164 Å². The number of fused-ring (bicyclic) bond motifs is 1. The second-order valence-corrected chi connectivity index (χ2v) is 7.56. The number of amides is 1. The van der Waals surface area contributed by atoms with Crippen LogP contribution in [0.1, 0.15) is 5.56 Å². The summed E-state index contributed by atoms with van der Waals surface area (Å²) >= 11 is 7.09. The molecule has 0 aliphatic carbocycles. The van der Waals surface area contributed by atoms with Crippen molar-refractivity contribution < 1.29 is 4.79 Å².